The van der Waals surface area contributed by atoms with E-state index in [1.807, 2.05) is 13.0 Å². The molecule has 2 heterocycles. The van der Waals surface area contributed by atoms with Gasteiger partial charge in [-0.1, -0.05) is 29.8 Å². The zero-order valence-corrected chi connectivity index (χ0v) is 14.9. The fraction of sp³-hybridized carbons (Fsp3) is 0.0952. The van der Waals surface area contributed by atoms with Crippen molar-refractivity contribution in [2.24, 2.45) is 0 Å². The van der Waals surface area contributed by atoms with Crippen LogP contribution in [0.1, 0.15) is 27.7 Å². The van der Waals surface area contributed by atoms with Crippen molar-refractivity contribution in [3.63, 3.8) is 0 Å². The van der Waals surface area contributed by atoms with Crippen molar-refractivity contribution in [3.05, 3.63) is 87.3 Å². The minimum Gasteiger partial charge on any atom is -0.464 e. The third-order valence-electron chi connectivity index (χ3n) is 4.44. The summed E-state index contributed by atoms with van der Waals surface area (Å²) in [5.74, 6) is -0.740. The number of rotatable bonds is 3. The molecule has 4 rings (SSSR count). The molecule has 2 aromatic heterocycles. The van der Waals surface area contributed by atoms with E-state index in [0.717, 1.165) is 11.8 Å². The second-order valence-corrected chi connectivity index (χ2v) is 6.42. The van der Waals surface area contributed by atoms with Crippen LogP contribution in [0.15, 0.2) is 68.4 Å². The quantitative estimate of drug-likeness (QED) is 0.475. The van der Waals surface area contributed by atoms with Crippen LogP contribution in [0.25, 0.3) is 21.9 Å². The number of para-hydroxylation sites is 1. The molecule has 28 heavy (non-hydrogen) atoms. The summed E-state index contributed by atoms with van der Waals surface area (Å²) in [5, 5.41) is 21.6. The molecule has 1 atom stereocenters. The summed E-state index contributed by atoms with van der Waals surface area (Å²) in [6.45, 7) is 1.84. The van der Waals surface area contributed by atoms with E-state index >= 15 is 0 Å². The van der Waals surface area contributed by atoms with Gasteiger partial charge in [0.15, 0.2) is 11.7 Å². The van der Waals surface area contributed by atoms with Crippen LogP contribution in [0.3, 0.4) is 0 Å². The Kier molecular flexibility index (Phi) is 4.29. The predicted octanol–water partition coefficient (Wildman–Crippen LogP) is 2.75. The summed E-state index contributed by atoms with van der Waals surface area (Å²) in [5.41, 5.74) is 0.785. The van der Waals surface area contributed by atoms with E-state index in [2.05, 4.69) is 5.32 Å². The van der Waals surface area contributed by atoms with Crippen LogP contribution in [0.5, 0.6) is 0 Å². The Bertz CT molecular complexity index is 1340. The maximum Gasteiger partial charge on any atom is 0.259 e. The van der Waals surface area contributed by atoms with Gasteiger partial charge in [0, 0.05) is 5.39 Å². The van der Waals surface area contributed by atoms with Crippen LogP contribution in [-0.4, -0.2) is 11.0 Å². The number of aliphatic hydroxyl groups excluding tert-OH is 1. The van der Waals surface area contributed by atoms with Crippen LogP contribution >= 0.6 is 0 Å². The molecule has 0 bridgehead atoms. The van der Waals surface area contributed by atoms with Crippen molar-refractivity contribution in [2.45, 2.75) is 13.2 Å². The number of aliphatic hydroxyl groups is 1. The molecule has 7 nitrogen and oxygen atoms in total. The van der Waals surface area contributed by atoms with Crippen LogP contribution < -0.4 is 16.3 Å². The Morgan fingerprint density at radius 1 is 1.14 bits per heavy atom. The molecule has 0 aliphatic carbocycles. The molecule has 0 aliphatic rings. The number of carbonyl (C=O) groups excluding carboxylic acids is 1. The van der Waals surface area contributed by atoms with E-state index in [1.165, 1.54) is 6.07 Å². The SMILES string of the molecule is Cc1ccc2occ(C(O)NC(=O)c3cc4ccccc4oc3=N)c(=O)c2c1. The van der Waals surface area contributed by atoms with E-state index in [-0.39, 0.29) is 16.7 Å². The Balaban J connectivity index is 1.68. The second kappa shape index (κ2) is 6.79. The Hall–Kier alpha value is -3.71. The molecular weight excluding hydrogens is 360 g/mol. The van der Waals surface area contributed by atoms with E-state index in [4.69, 9.17) is 14.2 Å². The Labute approximate surface area is 158 Å². The molecule has 7 heteroatoms. The smallest absolute Gasteiger partial charge is 0.259 e. The highest BCUT2D eigenvalue weighted by Gasteiger charge is 2.20. The monoisotopic (exact) mass is 376 g/mol. The van der Waals surface area contributed by atoms with Gasteiger partial charge < -0.3 is 19.3 Å². The zero-order chi connectivity index (χ0) is 19.8. The minimum atomic E-state index is -1.60. The predicted molar refractivity (Wildman–Crippen MR) is 102 cm³/mol. The maximum absolute atomic E-state index is 12.7. The molecule has 2 aromatic carbocycles. The molecule has 0 saturated carbocycles. The molecule has 140 valence electrons. The molecule has 3 N–H and O–H groups in total. The van der Waals surface area contributed by atoms with Gasteiger partial charge in [0.25, 0.3) is 5.91 Å². The largest absolute Gasteiger partial charge is 0.464 e. The number of amides is 1. The molecule has 0 radical (unpaired) electrons. The number of benzene rings is 2. The Morgan fingerprint density at radius 3 is 2.75 bits per heavy atom. The normalized spacial score (nSPS) is 12.2. The number of hydrogen-bond acceptors (Lipinski definition) is 6. The van der Waals surface area contributed by atoms with Gasteiger partial charge in [-0.2, -0.15) is 0 Å². The Morgan fingerprint density at radius 2 is 1.93 bits per heavy atom. The van der Waals surface area contributed by atoms with Crippen molar-refractivity contribution >= 4 is 27.8 Å². The highest BCUT2D eigenvalue weighted by Crippen LogP contribution is 2.17. The summed E-state index contributed by atoms with van der Waals surface area (Å²) in [6, 6.07) is 13.6. The lowest BCUT2D eigenvalue weighted by Crippen LogP contribution is -2.34. The summed E-state index contributed by atoms with van der Waals surface area (Å²) < 4.78 is 10.7. The average molecular weight is 376 g/mol. The molecule has 0 fully saturated rings. The summed E-state index contributed by atoms with van der Waals surface area (Å²) >= 11 is 0. The van der Waals surface area contributed by atoms with Gasteiger partial charge in [-0.3, -0.25) is 15.0 Å². The van der Waals surface area contributed by atoms with Crippen molar-refractivity contribution in [1.29, 1.82) is 5.41 Å². The third-order valence-corrected chi connectivity index (χ3v) is 4.44. The molecule has 1 unspecified atom stereocenters. The number of nitrogens with one attached hydrogen (secondary N) is 2. The first-order chi connectivity index (χ1) is 13.4. The van der Waals surface area contributed by atoms with E-state index in [1.54, 1.807) is 36.4 Å². The molecule has 1 amide bonds. The van der Waals surface area contributed by atoms with Crippen LogP contribution in [0.4, 0.5) is 0 Å². The van der Waals surface area contributed by atoms with Gasteiger partial charge in [-0.05, 0) is 31.2 Å². The lowest BCUT2D eigenvalue weighted by atomic mass is 10.1. The van der Waals surface area contributed by atoms with Gasteiger partial charge >= 0.3 is 0 Å². The van der Waals surface area contributed by atoms with Gasteiger partial charge in [0.2, 0.25) is 5.55 Å². The average Bonchev–Trinajstić information content (AvgIpc) is 2.68. The first-order valence-corrected chi connectivity index (χ1v) is 8.52. The van der Waals surface area contributed by atoms with E-state index in [9.17, 15) is 14.7 Å². The van der Waals surface area contributed by atoms with Crippen LogP contribution in [0.2, 0.25) is 0 Å². The van der Waals surface area contributed by atoms with Gasteiger partial charge in [0.1, 0.15) is 23.0 Å². The second-order valence-electron chi connectivity index (χ2n) is 6.42. The fourth-order valence-electron chi connectivity index (χ4n) is 2.98. The summed E-state index contributed by atoms with van der Waals surface area (Å²) in [7, 11) is 0. The first kappa shape index (κ1) is 17.7. The fourth-order valence-corrected chi connectivity index (χ4v) is 2.98. The van der Waals surface area contributed by atoms with E-state index in [0.29, 0.717) is 21.9 Å². The van der Waals surface area contributed by atoms with Gasteiger partial charge in [0.05, 0.1) is 10.9 Å². The standard InChI is InChI=1S/C21H16N2O5/c1-11-6-7-17-13(8-11)18(24)15(10-27-17)21(26)23-20(25)14-9-12-4-2-3-5-16(12)28-19(14)22/h2-10,21-22,26H,1H3,(H,23,25). The highest BCUT2D eigenvalue weighted by molar-refractivity contribution is 5.96. The first-order valence-electron chi connectivity index (χ1n) is 8.52. The maximum atomic E-state index is 12.7. The van der Waals surface area contributed by atoms with Crippen LogP contribution in [-0.2, 0) is 0 Å². The van der Waals surface area contributed by atoms with Crippen LogP contribution in [0, 0.1) is 12.3 Å². The van der Waals surface area contributed by atoms with Crippen molar-refractivity contribution < 1.29 is 18.7 Å². The molecule has 0 saturated heterocycles. The summed E-state index contributed by atoms with van der Waals surface area (Å²) in [6.07, 6.45) is -0.475. The number of hydrogen-bond donors (Lipinski definition) is 3. The minimum absolute atomic E-state index is 0.0567. The zero-order valence-electron chi connectivity index (χ0n) is 14.9. The van der Waals surface area contributed by atoms with Gasteiger partial charge in [-0.25, -0.2) is 0 Å². The lowest BCUT2D eigenvalue weighted by Gasteiger charge is -2.13. The molecule has 0 spiro atoms. The number of fused-ring (bicyclic) bond motifs is 2. The van der Waals surface area contributed by atoms with Crippen molar-refractivity contribution in [3.8, 4) is 0 Å². The van der Waals surface area contributed by atoms with E-state index < -0.39 is 17.6 Å². The molecular formula is C21H16N2O5. The highest BCUT2D eigenvalue weighted by atomic mass is 16.3. The molecule has 4 aromatic rings. The topological polar surface area (TPSA) is 117 Å². The summed E-state index contributed by atoms with van der Waals surface area (Å²) in [4.78, 5) is 25.2. The van der Waals surface area contributed by atoms with Crippen molar-refractivity contribution in [1.82, 2.24) is 5.32 Å². The lowest BCUT2D eigenvalue weighted by molar-refractivity contribution is 0.0774. The third kappa shape index (κ3) is 3.08. The number of aryl methyl sites for hydroxylation is 1. The molecule has 0 aliphatic heterocycles. The number of carbonyl (C=O) groups is 1. The van der Waals surface area contributed by atoms with Gasteiger partial charge in [-0.15, -0.1) is 0 Å². The van der Waals surface area contributed by atoms with Crippen molar-refractivity contribution in [2.75, 3.05) is 0 Å².